The summed E-state index contributed by atoms with van der Waals surface area (Å²) in [5, 5.41) is 14.5. The maximum Gasteiger partial charge on any atom is 0.215 e. The lowest BCUT2D eigenvalue weighted by atomic mass is 10.3. The number of rotatable bonds is 11. The van der Waals surface area contributed by atoms with Gasteiger partial charge in [0.25, 0.3) is 0 Å². The van der Waals surface area contributed by atoms with E-state index >= 15 is 0 Å². The number of nitrogens with one attached hydrogen (secondary N) is 2. The Bertz CT molecular complexity index is 560. The molecule has 0 saturated carbocycles. The van der Waals surface area contributed by atoms with Crippen molar-refractivity contribution < 1.29 is 16.8 Å². The van der Waals surface area contributed by atoms with E-state index in [0.717, 1.165) is 0 Å². The van der Waals surface area contributed by atoms with Crippen molar-refractivity contribution >= 4 is 20.0 Å². The van der Waals surface area contributed by atoms with E-state index in [1.807, 2.05) is 12.1 Å². The van der Waals surface area contributed by atoms with Gasteiger partial charge in [-0.25, -0.2) is 26.3 Å². The van der Waals surface area contributed by atoms with Crippen molar-refractivity contribution in [3.05, 3.63) is 0 Å². The van der Waals surface area contributed by atoms with Gasteiger partial charge in [0.05, 0.1) is 22.6 Å². The molecule has 0 aliphatic heterocycles. The Kier molecular flexibility index (Phi) is 9.21. The molecular weight excluding hydrogens is 328 g/mol. The van der Waals surface area contributed by atoms with Crippen molar-refractivity contribution in [3.8, 4) is 12.1 Å². The third-order valence-corrected chi connectivity index (χ3v) is 7.34. The Balaban J connectivity index is 4.64. The van der Waals surface area contributed by atoms with Crippen LogP contribution in [0, 0.1) is 22.7 Å². The first-order valence-corrected chi connectivity index (χ1v) is 9.99. The average Bonchev–Trinajstić information content (AvgIpc) is 2.46. The molecule has 0 aromatic carbocycles. The van der Waals surface area contributed by atoms with Crippen LogP contribution in [-0.4, -0.2) is 40.4 Å². The Labute approximate surface area is 132 Å². The summed E-state index contributed by atoms with van der Waals surface area (Å²) in [5.41, 5.74) is 0. The Morgan fingerprint density at radius 3 is 1.41 bits per heavy atom. The zero-order valence-electron chi connectivity index (χ0n) is 12.7. The van der Waals surface area contributed by atoms with Crippen molar-refractivity contribution in [3.63, 3.8) is 0 Å². The van der Waals surface area contributed by atoms with Crippen LogP contribution in [0.1, 0.15) is 39.5 Å². The van der Waals surface area contributed by atoms with Crippen LogP contribution in [0.4, 0.5) is 0 Å². The summed E-state index contributed by atoms with van der Waals surface area (Å²) in [4.78, 5) is 0. The molecule has 0 amide bonds. The molecule has 0 heterocycles. The quantitative estimate of drug-likeness (QED) is 0.510. The van der Waals surface area contributed by atoms with E-state index in [9.17, 15) is 16.8 Å². The lowest BCUT2D eigenvalue weighted by molar-refractivity contribution is 0.544. The van der Waals surface area contributed by atoms with Crippen LogP contribution in [0.2, 0.25) is 0 Å². The van der Waals surface area contributed by atoms with Gasteiger partial charge in [0, 0.05) is 25.9 Å². The molecule has 0 aliphatic carbocycles. The second-order valence-corrected chi connectivity index (χ2v) is 9.06. The predicted octanol–water partition coefficient (Wildman–Crippen LogP) is 0.210. The molecule has 126 valence electrons. The third kappa shape index (κ3) is 7.18. The second-order valence-electron chi connectivity index (χ2n) is 4.81. The molecule has 22 heavy (non-hydrogen) atoms. The minimum atomic E-state index is -3.79. The Hall–Kier alpha value is -1.20. The van der Waals surface area contributed by atoms with Crippen molar-refractivity contribution in [2.75, 3.05) is 13.1 Å². The smallest absolute Gasteiger partial charge is 0.215 e. The first-order chi connectivity index (χ1) is 10.2. The largest absolute Gasteiger partial charge is 0.215 e. The van der Waals surface area contributed by atoms with Gasteiger partial charge in [-0.3, -0.25) is 0 Å². The van der Waals surface area contributed by atoms with E-state index < -0.39 is 30.5 Å². The highest BCUT2D eigenvalue weighted by atomic mass is 32.2. The highest BCUT2D eigenvalue weighted by Gasteiger charge is 2.34. The molecule has 0 aromatic heterocycles. The molecule has 8 nitrogen and oxygen atoms in total. The van der Waals surface area contributed by atoms with Crippen LogP contribution in [0.5, 0.6) is 0 Å². The minimum Gasteiger partial charge on any atom is -0.215 e. The van der Waals surface area contributed by atoms with E-state index in [1.165, 1.54) is 13.8 Å². The van der Waals surface area contributed by atoms with Gasteiger partial charge in [-0.05, 0) is 26.7 Å². The fraction of sp³-hybridized carbons (Fsp3) is 0.833. The number of sulfonamides is 2. The van der Waals surface area contributed by atoms with E-state index in [2.05, 4.69) is 9.44 Å². The first-order valence-electron chi connectivity index (χ1n) is 6.90. The molecule has 0 aromatic rings. The zero-order valence-corrected chi connectivity index (χ0v) is 14.4. The van der Waals surface area contributed by atoms with E-state index in [-0.39, 0.29) is 25.9 Å². The van der Waals surface area contributed by atoms with Crippen LogP contribution in [0.15, 0.2) is 0 Å². The lowest BCUT2D eigenvalue weighted by Crippen LogP contribution is -2.46. The number of nitriles is 2. The molecule has 0 spiro atoms. The normalized spacial score (nSPS) is 14.7. The van der Waals surface area contributed by atoms with Gasteiger partial charge in [0.15, 0.2) is 0 Å². The highest BCUT2D eigenvalue weighted by Crippen LogP contribution is 2.12. The van der Waals surface area contributed by atoms with Crippen molar-refractivity contribution in [2.45, 2.75) is 50.0 Å². The molecule has 2 unspecified atom stereocenters. The number of hydrogen-bond acceptors (Lipinski definition) is 6. The Morgan fingerprint density at radius 1 is 0.818 bits per heavy atom. The van der Waals surface area contributed by atoms with E-state index in [1.54, 1.807) is 0 Å². The molecule has 0 rings (SSSR count). The van der Waals surface area contributed by atoms with Crippen LogP contribution in [0.3, 0.4) is 0 Å². The summed E-state index contributed by atoms with van der Waals surface area (Å²) in [6.45, 7) is 2.85. The monoisotopic (exact) mass is 350 g/mol. The standard InChI is InChI=1S/C12H22N4O4S2/c1-11(21(17,18)15-9-5-3-7-13)12(2)22(19,20)16-10-6-4-8-14/h11-12,15-16H,3-6,9-10H2,1-2H3. The van der Waals surface area contributed by atoms with Crippen molar-refractivity contribution in [2.24, 2.45) is 0 Å². The summed E-state index contributed by atoms with van der Waals surface area (Å²) in [6, 6.07) is 3.80. The number of nitrogens with zero attached hydrogens (tertiary/aromatic N) is 2. The van der Waals surface area contributed by atoms with Crippen LogP contribution < -0.4 is 9.44 Å². The summed E-state index contributed by atoms with van der Waals surface area (Å²) in [5.74, 6) is 0. The van der Waals surface area contributed by atoms with Gasteiger partial charge in [-0.1, -0.05) is 0 Å². The van der Waals surface area contributed by atoms with E-state index in [4.69, 9.17) is 10.5 Å². The topological polar surface area (TPSA) is 140 Å². The minimum absolute atomic E-state index is 0.0998. The molecule has 2 atom stereocenters. The molecule has 10 heteroatoms. The maximum absolute atomic E-state index is 12.0. The Morgan fingerprint density at radius 2 is 1.14 bits per heavy atom. The lowest BCUT2D eigenvalue weighted by Gasteiger charge is -2.21. The van der Waals surface area contributed by atoms with Gasteiger partial charge in [0.2, 0.25) is 20.0 Å². The van der Waals surface area contributed by atoms with Gasteiger partial charge in [0.1, 0.15) is 0 Å². The summed E-state index contributed by atoms with van der Waals surface area (Å²) in [7, 11) is -7.58. The molecular formula is C12H22N4O4S2. The molecule has 0 saturated heterocycles. The van der Waals surface area contributed by atoms with Gasteiger partial charge >= 0.3 is 0 Å². The fourth-order valence-corrected chi connectivity index (χ4v) is 4.80. The predicted molar refractivity (Wildman–Crippen MR) is 82.5 cm³/mol. The number of hydrogen-bond donors (Lipinski definition) is 2. The van der Waals surface area contributed by atoms with Gasteiger partial charge in [-0.2, -0.15) is 10.5 Å². The molecule has 0 fully saturated rings. The SMILES string of the molecule is CC(C(C)S(=O)(=O)NCCCC#N)S(=O)(=O)NCCCC#N. The van der Waals surface area contributed by atoms with Crippen molar-refractivity contribution in [1.82, 2.24) is 9.44 Å². The average molecular weight is 350 g/mol. The van der Waals surface area contributed by atoms with Gasteiger partial charge < -0.3 is 0 Å². The molecule has 2 N–H and O–H groups in total. The van der Waals surface area contributed by atoms with Crippen molar-refractivity contribution in [1.29, 1.82) is 10.5 Å². The fourth-order valence-electron chi connectivity index (χ4n) is 1.53. The second kappa shape index (κ2) is 9.74. The van der Waals surface area contributed by atoms with E-state index in [0.29, 0.717) is 12.8 Å². The maximum atomic E-state index is 12.0. The summed E-state index contributed by atoms with van der Waals surface area (Å²) in [6.07, 6.45) is 1.20. The van der Waals surface area contributed by atoms with Gasteiger partial charge in [-0.15, -0.1) is 0 Å². The first kappa shape index (κ1) is 20.8. The molecule has 0 radical (unpaired) electrons. The van der Waals surface area contributed by atoms with Crippen LogP contribution >= 0.6 is 0 Å². The zero-order chi connectivity index (χ0) is 17.2. The highest BCUT2D eigenvalue weighted by molar-refractivity contribution is 7.94. The molecule has 0 bridgehead atoms. The summed E-state index contributed by atoms with van der Waals surface area (Å²) < 4.78 is 52.7. The van der Waals surface area contributed by atoms with Crippen LogP contribution in [-0.2, 0) is 20.0 Å². The third-order valence-electron chi connectivity index (χ3n) is 3.18. The molecule has 0 aliphatic rings. The number of unbranched alkanes of at least 4 members (excludes halogenated alkanes) is 2. The van der Waals surface area contributed by atoms with Crippen LogP contribution in [0.25, 0.3) is 0 Å². The summed E-state index contributed by atoms with van der Waals surface area (Å²) >= 11 is 0.